The average molecular weight is 535 g/mol. The smallest absolute Gasteiger partial charge is 0.183 e. The van der Waals surface area contributed by atoms with Crippen molar-refractivity contribution in [3.05, 3.63) is 94.0 Å². The number of hydrogen-bond donors (Lipinski definition) is 1. The first-order valence-corrected chi connectivity index (χ1v) is 13.5. The number of rotatable bonds is 7. The standard InChI is InChI=1S/C32H38O7/c1-20-7-6-8-25(13-20)32(33,26-14-23(9-11-28(26)34-4)30-36-16-21(2)17-37-30)27-15-24(10-12-29(27)35-5)31-38-18-22(3)19-39-31/h6-15,21-22,30-31,33H,16-19H2,1-5H3. The van der Waals surface area contributed by atoms with E-state index >= 15 is 0 Å². The predicted octanol–water partition coefficient (Wildman–Crippen LogP) is 5.66. The van der Waals surface area contributed by atoms with E-state index in [9.17, 15) is 5.11 Å². The highest BCUT2D eigenvalue weighted by molar-refractivity contribution is 5.58. The van der Waals surface area contributed by atoms with Gasteiger partial charge in [-0.1, -0.05) is 55.8 Å². The summed E-state index contributed by atoms with van der Waals surface area (Å²) in [7, 11) is 3.20. The average Bonchev–Trinajstić information content (AvgIpc) is 2.97. The highest BCUT2D eigenvalue weighted by Gasteiger charge is 2.41. The van der Waals surface area contributed by atoms with E-state index in [-0.39, 0.29) is 0 Å². The van der Waals surface area contributed by atoms with Crippen molar-refractivity contribution in [1.82, 2.24) is 0 Å². The number of ether oxygens (including phenoxy) is 6. The van der Waals surface area contributed by atoms with Gasteiger partial charge in [-0.05, 0) is 36.8 Å². The second-order valence-corrected chi connectivity index (χ2v) is 10.7. The molecule has 3 aromatic rings. The summed E-state index contributed by atoms with van der Waals surface area (Å²) in [6.45, 7) is 8.58. The van der Waals surface area contributed by atoms with Gasteiger partial charge in [0.2, 0.25) is 0 Å². The van der Waals surface area contributed by atoms with Gasteiger partial charge >= 0.3 is 0 Å². The molecule has 7 nitrogen and oxygen atoms in total. The minimum Gasteiger partial charge on any atom is -0.496 e. The fraction of sp³-hybridized carbons (Fsp3) is 0.438. The van der Waals surface area contributed by atoms with Gasteiger partial charge < -0.3 is 33.5 Å². The maximum Gasteiger partial charge on any atom is 0.183 e. The second-order valence-electron chi connectivity index (χ2n) is 10.7. The van der Waals surface area contributed by atoms with Crippen LogP contribution in [-0.4, -0.2) is 45.8 Å². The van der Waals surface area contributed by atoms with Gasteiger partial charge in [0.05, 0.1) is 40.6 Å². The third-order valence-corrected chi connectivity index (χ3v) is 7.34. The molecule has 0 bridgehead atoms. The zero-order chi connectivity index (χ0) is 27.6. The number of aliphatic hydroxyl groups is 1. The van der Waals surface area contributed by atoms with E-state index in [4.69, 9.17) is 28.4 Å². The van der Waals surface area contributed by atoms with Crippen LogP contribution in [0.25, 0.3) is 0 Å². The Morgan fingerprint density at radius 1 is 0.692 bits per heavy atom. The van der Waals surface area contributed by atoms with Gasteiger partial charge in [-0.15, -0.1) is 0 Å². The van der Waals surface area contributed by atoms with E-state index in [0.717, 1.165) is 16.7 Å². The maximum absolute atomic E-state index is 13.0. The second kappa shape index (κ2) is 11.7. The highest BCUT2D eigenvalue weighted by atomic mass is 16.7. The van der Waals surface area contributed by atoms with E-state index in [1.807, 2.05) is 67.6 Å². The zero-order valence-corrected chi connectivity index (χ0v) is 23.3. The SMILES string of the molecule is COc1ccc(C2OCC(C)CO2)cc1C(O)(c1cccc(C)c1)c1cc(C2OCC(C)CO2)ccc1OC. The first-order chi connectivity index (χ1) is 18.8. The molecule has 208 valence electrons. The molecule has 1 N–H and O–H groups in total. The molecule has 0 atom stereocenters. The Hall–Kier alpha value is -2.94. The van der Waals surface area contributed by atoms with Gasteiger partial charge in [0.25, 0.3) is 0 Å². The number of hydrogen-bond acceptors (Lipinski definition) is 7. The minimum atomic E-state index is -1.65. The lowest BCUT2D eigenvalue weighted by molar-refractivity contribution is -0.202. The normalized spacial score (nSPS) is 25.1. The molecule has 2 fully saturated rings. The Balaban J connectivity index is 1.70. The molecule has 2 aliphatic heterocycles. The molecule has 5 rings (SSSR count). The first-order valence-electron chi connectivity index (χ1n) is 13.5. The molecule has 2 heterocycles. The Bertz CT molecular complexity index is 1200. The Morgan fingerprint density at radius 2 is 1.15 bits per heavy atom. The summed E-state index contributed by atoms with van der Waals surface area (Å²) in [4.78, 5) is 0. The first kappa shape index (κ1) is 27.6. The van der Waals surface area contributed by atoms with Crippen molar-refractivity contribution in [2.24, 2.45) is 11.8 Å². The lowest BCUT2D eigenvalue weighted by Gasteiger charge is -2.35. The molecule has 3 aromatic carbocycles. The number of benzene rings is 3. The summed E-state index contributed by atoms with van der Waals surface area (Å²) in [6.07, 6.45) is -1.07. The van der Waals surface area contributed by atoms with Crippen LogP contribution in [0.2, 0.25) is 0 Å². The lowest BCUT2D eigenvalue weighted by Crippen LogP contribution is -2.32. The van der Waals surface area contributed by atoms with Crippen molar-refractivity contribution in [3.8, 4) is 11.5 Å². The molecule has 0 amide bonds. The van der Waals surface area contributed by atoms with Crippen LogP contribution < -0.4 is 9.47 Å². The van der Waals surface area contributed by atoms with Crippen molar-refractivity contribution in [2.45, 2.75) is 39.0 Å². The zero-order valence-electron chi connectivity index (χ0n) is 23.3. The third kappa shape index (κ3) is 5.55. The molecule has 0 spiro atoms. The topological polar surface area (TPSA) is 75.6 Å². The molecule has 0 aliphatic carbocycles. The largest absolute Gasteiger partial charge is 0.496 e. The van der Waals surface area contributed by atoms with Crippen molar-refractivity contribution >= 4 is 0 Å². The van der Waals surface area contributed by atoms with Crippen molar-refractivity contribution < 1.29 is 33.5 Å². The van der Waals surface area contributed by atoms with E-state index in [2.05, 4.69) is 13.8 Å². The fourth-order valence-corrected chi connectivity index (χ4v) is 5.22. The molecule has 0 radical (unpaired) electrons. The molecule has 0 saturated carbocycles. The highest BCUT2D eigenvalue weighted by Crippen LogP contribution is 2.47. The third-order valence-electron chi connectivity index (χ3n) is 7.34. The molecule has 0 aromatic heterocycles. The monoisotopic (exact) mass is 534 g/mol. The summed E-state index contributed by atoms with van der Waals surface area (Å²) in [6, 6.07) is 19.2. The molecular formula is C32H38O7. The van der Waals surface area contributed by atoms with Crippen molar-refractivity contribution in [1.29, 1.82) is 0 Å². The molecular weight excluding hydrogens is 496 g/mol. The van der Waals surface area contributed by atoms with Gasteiger partial charge in [0, 0.05) is 34.1 Å². The van der Waals surface area contributed by atoms with Crippen LogP contribution in [0.4, 0.5) is 0 Å². The Kier molecular flexibility index (Phi) is 8.26. The Labute approximate surface area is 230 Å². The minimum absolute atomic E-state index is 0.322. The summed E-state index contributed by atoms with van der Waals surface area (Å²) >= 11 is 0. The van der Waals surface area contributed by atoms with Gasteiger partial charge in [0.15, 0.2) is 12.6 Å². The van der Waals surface area contributed by atoms with E-state index < -0.39 is 18.2 Å². The van der Waals surface area contributed by atoms with Gasteiger partial charge in [-0.25, -0.2) is 0 Å². The summed E-state index contributed by atoms with van der Waals surface area (Å²) in [5, 5.41) is 13.0. The summed E-state index contributed by atoms with van der Waals surface area (Å²) in [5.74, 6) is 1.70. The summed E-state index contributed by atoms with van der Waals surface area (Å²) < 4.78 is 35.6. The molecule has 0 unspecified atom stereocenters. The van der Waals surface area contributed by atoms with Crippen LogP contribution in [-0.2, 0) is 24.5 Å². The van der Waals surface area contributed by atoms with E-state index in [1.165, 1.54) is 0 Å². The lowest BCUT2D eigenvalue weighted by atomic mass is 9.78. The number of aryl methyl sites for hydroxylation is 1. The fourth-order valence-electron chi connectivity index (χ4n) is 5.22. The van der Waals surface area contributed by atoms with Crippen LogP contribution in [0.1, 0.15) is 59.8 Å². The van der Waals surface area contributed by atoms with E-state index in [0.29, 0.717) is 66.5 Å². The van der Waals surface area contributed by atoms with E-state index in [1.54, 1.807) is 14.2 Å². The molecule has 39 heavy (non-hydrogen) atoms. The molecule has 7 heteroatoms. The van der Waals surface area contributed by atoms with Crippen LogP contribution in [0.5, 0.6) is 11.5 Å². The quantitative estimate of drug-likeness (QED) is 0.392. The van der Waals surface area contributed by atoms with Crippen LogP contribution in [0.15, 0.2) is 60.7 Å². The Morgan fingerprint density at radius 3 is 1.56 bits per heavy atom. The van der Waals surface area contributed by atoms with Crippen molar-refractivity contribution in [2.75, 3.05) is 40.6 Å². The van der Waals surface area contributed by atoms with Crippen LogP contribution in [0.3, 0.4) is 0 Å². The van der Waals surface area contributed by atoms with Crippen LogP contribution in [0, 0.1) is 18.8 Å². The predicted molar refractivity (Wildman–Crippen MR) is 147 cm³/mol. The molecule has 2 saturated heterocycles. The number of methoxy groups -OCH3 is 2. The van der Waals surface area contributed by atoms with Gasteiger partial charge in [-0.2, -0.15) is 0 Å². The van der Waals surface area contributed by atoms with Gasteiger partial charge in [0.1, 0.15) is 17.1 Å². The maximum atomic E-state index is 13.0. The van der Waals surface area contributed by atoms with Crippen LogP contribution >= 0.6 is 0 Å². The van der Waals surface area contributed by atoms with Gasteiger partial charge in [-0.3, -0.25) is 0 Å². The summed E-state index contributed by atoms with van der Waals surface area (Å²) in [5.41, 5.74) is 2.72. The van der Waals surface area contributed by atoms with Crippen molar-refractivity contribution in [3.63, 3.8) is 0 Å². The molecule has 2 aliphatic rings.